The van der Waals surface area contributed by atoms with E-state index in [1.807, 2.05) is 36.4 Å². The Morgan fingerprint density at radius 2 is 1.62 bits per heavy atom. The standard InChI is InChI=1S/C22H21NO6/c24-20(25)19-11-22(28-9-10-29-22)13-23(19)21(26)27-12-18-16-7-3-1-5-14(16)15-6-2-4-8-17(15)18/h1-8,18-19H,9-13H2,(H,24,25)/t19-/m0/s1. The third-order valence-electron chi connectivity index (χ3n) is 5.96. The molecular weight excluding hydrogens is 374 g/mol. The molecule has 2 aliphatic heterocycles. The van der Waals surface area contributed by atoms with E-state index in [0.29, 0.717) is 13.2 Å². The first-order valence-corrected chi connectivity index (χ1v) is 9.70. The highest BCUT2D eigenvalue weighted by Crippen LogP contribution is 2.44. The first-order valence-electron chi connectivity index (χ1n) is 9.70. The Kier molecular flexibility index (Phi) is 4.29. The van der Waals surface area contributed by atoms with Crippen LogP contribution >= 0.6 is 0 Å². The summed E-state index contributed by atoms with van der Waals surface area (Å²) in [5.41, 5.74) is 4.49. The topological polar surface area (TPSA) is 85.3 Å². The molecule has 1 N–H and O–H groups in total. The first-order chi connectivity index (χ1) is 14.1. The highest BCUT2D eigenvalue weighted by atomic mass is 16.7. The zero-order valence-corrected chi connectivity index (χ0v) is 15.7. The van der Waals surface area contributed by atoms with Crippen LogP contribution in [0.3, 0.4) is 0 Å². The highest BCUT2D eigenvalue weighted by Gasteiger charge is 2.53. The zero-order chi connectivity index (χ0) is 20.0. The number of nitrogens with zero attached hydrogens (tertiary/aromatic N) is 1. The maximum Gasteiger partial charge on any atom is 0.410 e. The van der Waals surface area contributed by atoms with Crippen LogP contribution in [0.15, 0.2) is 48.5 Å². The van der Waals surface area contributed by atoms with Crippen molar-refractivity contribution in [3.63, 3.8) is 0 Å². The molecule has 2 aromatic rings. The van der Waals surface area contributed by atoms with Gasteiger partial charge in [-0.2, -0.15) is 0 Å². The summed E-state index contributed by atoms with van der Waals surface area (Å²) < 4.78 is 16.8. The van der Waals surface area contributed by atoms with Crippen molar-refractivity contribution in [2.45, 2.75) is 24.2 Å². The summed E-state index contributed by atoms with van der Waals surface area (Å²) in [6, 6.07) is 15.1. The molecule has 1 spiro atoms. The molecule has 29 heavy (non-hydrogen) atoms. The number of benzene rings is 2. The molecule has 2 saturated heterocycles. The number of carbonyl (C=O) groups is 2. The van der Waals surface area contributed by atoms with Crippen molar-refractivity contribution in [2.24, 2.45) is 0 Å². The van der Waals surface area contributed by atoms with Crippen molar-refractivity contribution in [3.8, 4) is 11.1 Å². The molecule has 5 rings (SSSR count). The summed E-state index contributed by atoms with van der Waals surface area (Å²) >= 11 is 0. The monoisotopic (exact) mass is 395 g/mol. The van der Waals surface area contributed by atoms with Gasteiger partial charge in [0.25, 0.3) is 0 Å². The molecule has 0 aromatic heterocycles. The van der Waals surface area contributed by atoms with Gasteiger partial charge in [0.2, 0.25) is 0 Å². The SMILES string of the molecule is O=C(O)[C@@H]1CC2(CN1C(=O)OCC1c3ccccc3-c3ccccc31)OCCO2. The van der Waals surface area contributed by atoms with E-state index in [-0.39, 0.29) is 25.5 Å². The van der Waals surface area contributed by atoms with Crippen LogP contribution < -0.4 is 0 Å². The van der Waals surface area contributed by atoms with Gasteiger partial charge in [-0.1, -0.05) is 48.5 Å². The minimum atomic E-state index is -1.09. The van der Waals surface area contributed by atoms with E-state index in [9.17, 15) is 14.7 Å². The number of aliphatic carboxylic acids is 1. The molecule has 2 fully saturated rings. The maximum atomic E-state index is 12.8. The van der Waals surface area contributed by atoms with Gasteiger partial charge in [0.1, 0.15) is 12.6 Å². The summed E-state index contributed by atoms with van der Waals surface area (Å²) in [5.74, 6) is -2.20. The van der Waals surface area contributed by atoms with Gasteiger partial charge < -0.3 is 19.3 Å². The van der Waals surface area contributed by atoms with Gasteiger partial charge in [-0.3, -0.25) is 4.90 Å². The Hall–Kier alpha value is -2.90. The van der Waals surface area contributed by atoms with Crippen molar-refractivity contribution in [2.75, 3.05) is 26.4 Å². The molecule has 1 atom stereocenters. The normalized spacial score (nSPS) is 21.9. The summed E-state index contributed by atoms with van der Waals surface area (Å²) in [6.07, 6.45) is -0.553. The van der Waals surface area contributed by atoms with Crippen molar-refractivity contribution >= 4 is 12.1 Å². The third-order valence-corrected chi connectivity index (χ3v) is 5.96. The Balaban J connectivity index is 1.35. The Labute approximate surface area is 167 Å². The number of amides is 1. The summed E-state index contributed by atoms with van der Waals surface area (Å²) in [4.78, 5) is 25.7. The van der Waals surface area contributed by atoms with E-state index in [1.165, 1.54) is 4.90 Å². The molecule has 150 valence electrons. The molecule has 1 amide bonds. The molecule has 7 heteroatoms. The van der Waals surface area contributed by atoms with Gasteiger partial charge >= 0.3 is 12.1 Å². The van der Waals surface area contributed by atoms with E-state index in [0.717, 1.165) is 22.3 Å². The number of hydrogen-bond donors (Lipinski definition) is 1. The maximum absolute atomic E-state index is 12.8. The molecule has 1 aliphatic carbocycles. The number of fused-ring (bicyclic) bond motifs is 3. The zero-order valence-electron chi connectivity index (χ0n) is 15.7. The Morgan fingerprint density at radius 1 is 1.03 bits per heavy atom. The van der Waals surface area contributed by atoms with Gasteiger partial charge in [-0.25, -0.2) is 9.59 Å². The van der Waals surface area contributed by atoms with Crippen LogP contribution in [0.5, 0.6) is 0 Å². The second kappa shape index (κ2) is 6.86. The van der Waals surface area contributed by atoms with Gasteiger partial charge in [0.15, 0.2) is 5.79 Å². The largest absolute Gasteiger partial charge is 0.480 e. The lowest BCUT2D eigenvalue weighted by Gasteiger charge is -2.23. The van der Waals surface area contributed by atoms with Crippen molar-refractivity contribution in [3.05, 3.63) is 59.7 Å². The fourth-order valence-electron chi connectivity index (χ4n) is 4.63. The lowest BCUT2D eigenvalue weighted by atomic mass is 9.98. The van der Waals surface area contributed by atoms with Crippen LogP contribution in [0.25, 0.3) is 11.1 Å². The number of rotatable bonds is 3. The minimum absolute atomic E-state index is 0.0562. The smallest absolute Gasteiger partial charge is 0.410 e. The molecular formula is C22H21NO6. The summed E-state index contributed by atoms with van der Waals surface area (Å²) in [7, 11) is 0. The van der Waals surface area contributed by atoms with Crippen LogP contribution in [0, 0.1) is 0 Å². The number of ether oxygens (including phenoxy) is 3. The fraction of sp³-hybridized carbons (Fsp3) is 0.364. The molecule has 0 bridgehead atoms. The highest BCUT2D eigenvalue weighted by molar-refractivity contribution is 5.82. The number of likely N-dealkylation sites (tertiary alicyclic amines) is 1. The van der Waals surface area contributed by atoms with Crippen molar-refractivity contribution in [1.29, 1.82) is 0 Å². The number of carboxylic acid groups (broad SMARTS) is 1. The molecule has 0 saturated carbocycles. The predicted molar refractivity (Wildman–Crippen MR) is 102 cm³/mol. The van der Waals surface area contributed by atoms with Crippen LogP contribution in [0.4, 0.5) is 4.79 Å². The van der Waals surface area contributed by atoms with Gasteiger partial charge in [-0.15, -0.1) is 0 Å². The lowest BCUT2D eigenvalue weighted by Crippen LogP contribution is -2.42. The quantitative estimate of drug-likeness (QED) is 0.860. The van der Waals surface area contributed by atoms with E-state index in [2.05, 4.69) is 12.1 Å². The van der Waals surface area contributed by atoms with Crippen LogP contribution in [-0.4, -0.2) is 60.3 Å². The van der Waals surface area contributed by atoms with Crippen LogP contribution in [-0.2, 0) is 19.0 Å². The number of hydrogen-bond acceptors (Lipinski definition) is 5. The van der Waals surface area contributed by atoms with E-state index < -0.39 is 23.9 Å². The average molecular weight is 395 g/mol. The molecule has 0 unspecified atom stereocenters. The predicted octanol–water partition coefficient (Wildman–Crippen LogP) is 2.84. The lowest BCUT2D eigenvalue weighted by molar-refractivity contribution is -0.150. The average Bonchev–Trinajstić information content (AvgIpc) is 3.43. The second-order valence-electron chi connectivity index (χ2n) is 7.60. The van der Waals surface area contributed by atoms with Crippen molar-refractivity contribution < 1.29 is 28.9 Å². The van der Waals surface area contributed by atoms with Crippen molar-refractivity contribution in [1.82, 2.24) is 4.90 Å². The van der Waals surface area contributed by atoms with E-state index in [1.54, 1.807) is 0 Å². The van der Waals surface area contributed by atoms with E-state index >= 15 is 0 Å². The third kappa shape index (κ3) is 2.97. The second-order valence-corrected chi connectivity index (χ2v) is 7.60. The summed E-state index contributed by atoms with van der Waals surface area (Å²) in [5, 5.41) is 9.56. The molecule has 0 radical (unpaired) electrons. The van der Waals surface area contributed by atoms with Gasteiger partial charge in [0, 0.05) is 12.3 Å². The van der Waals surface area contributed by atoms with E-state index in [4.69, 9.17) is 14.2 Å². The number of carbonyl (C=O) groups excluding carboxylic acids is 1. The van der Waals surface area contributed by atoms with Gasteiger partial charge in [-0.05, 0) is 22.3 Å². The molecule has 7 nitrogen and oxygen atoms in total. The first kappa shape index (κ1) is 18.1. The van der Waals surface area contributed by atoms with Crippen LogP contribution in [0.2, 0.25) is 0 Å². The summed E-state index contributed by atoms with van der Waals surface area (Å²) in [6.45, 7) is 0.987. The number of carboxylic acids is 1. The van der Waals surface area contributed by atoms with Crippen LogP contribution in [0.1, 0.15) is 23.5 Å². The molecule has 2 heterocycles. The fourth-order valence-corrected chi connectivity index (χ4v) is 4.63. The minimum Gasteiger partial charge on any atom is -0.480 e. The Bertz CT molecular complexity index is 922. The molecule has 3 aliphatic rings. The molecule has 2 aromatic carbocycles. The Morgan fingerprint density at radius 3 is 2.21 bits per heavy atom. The van der Waals surface area contributed by atoms with Gasteiger partial charge in [0.05, 0.1) is 19.8 Å².